The first kappa shape index (κ1) is 33.8. The zero-order valence-electron chi connectivity index (χ0n) is 26.6. The minimum atomic E-state index is -1.09. The van der Waals surface area contributed by atoms with Gasteiger partial charge in [0.1, 0.15) is 19.3 Å². The summed E-state index contributed by atoms with van der Waals surface area (Å²) in [5.74, 6) is -0.820. The SMILES string of the molecule is CC(C)OC(=O)NN(CCC[C@H](NC(=O)OCC1c2ccccc2-c2ccccc21)C(=O)OCc1ccccc1)C(=O)OC(C)C. The summed E-state index contributed by atoms with van der Waals surface area (Å²) < 4.78 is 21.5. The molecule has 11 heteroatoms. The minimum Gasteiger partial charge on any atom is -0.459 e. The van der Waals surface area contributed by atoms with Gasteiger partial charge in [-0.15, -0.1) is 0 Å². The molecule has 0 saturated carbocycles. The summed E-state index contributed by atoms with van der Waals surface area (Å²) >= 11 is 0. The highest BCUT2D eigenvalue weighted by Crippen LogP contribution is 2.44. The molecule has 1 aliphatic carbocycles. The molecule has 1 atom stereocenters. The zero-order valence-corrected chi connectivity index (χ0v) is 26.6. The van der Waals surface area contributed by atoms with Gasteiger partial charge in [-0.25, -0.2) is 29.6 Å². The molecule has 1 aliphatic rings. The van der Waals surface area contributed by atoms with E-state index < -0.39 is 42.5 Å². The van der Waals surface area contributed by atoms with Gasteiger partial charge in [-0.05, 0) is 68.4 Å². The molecule has 0 bridgehead atoms. The molecular formula is C35H41N3O8. The van der Waals surface area contributed by atoms with Gasteiger partial charge < -0.3 is 24.3 Å². The van der Waals surface area contributed by atoms with Gasteiger partial charge in [-0.2, -0.15) is 0 Å². The Bertz CT molecular complexity index is 1450. The topological polar surface area (TPSA) is 132 Å². The fourth-order valence-electron chi connectivity index (χ4n) is 5.12. The maximum atomic E-state index is 13.2. The Balaban J connectivity index is 1.41. The Morgan fingerprint density at radius 1 is 0.739 bits per heavy atom. The number of benzene rings is 3. The fourth-order valence-corrected chi connectivity index (χ4v) is 5.12. The molecule has 0 saturated heterocycles. The molecule has 4 rings (SSSR count). The van der Waals surface area contributed by atoms with E-state index >= 15 is 0 Å². The van der Waals surface area contributed by atoms with E-state index in [9.17, 15) is 19.2 Å². The van der Waals surface area contributed by atoms with Crippen molar-refractivity contribution in [3.63, 3.8) is 0 Å². The number of fused-ring (bicyclic) bond motifs is 3. The Morgan fingerprint density at radius 2 is 1.33 bits per heavy atom. The Morgan fingerprint density at radius 3 is 1.93 bits per heavy atom. The zero-order chi connectivity index (χ0) is 33.1. The summed E-state index contributed by atoms with van der Waals surface area (Å²) in [6, 6.07) is 24.1. The molecule has 11 nitrogen and oxygen atoms in total. The molecule has 46 heavy (non-hydrogen) atoms. The van der Waals surface area contributed by atoms with E-state index in [-0.39, 0.29) is 38.5 Å². The Hall–Kier alpha value is -5.06. The third-order valence-electron chi connectivity index (χ3n) is 7.14. The molecule has 0 fully saturated rings. The number of hydrogen-bond acceptors (Lipinski definition) is 8. The molecule has 244 valence electrons. The lowest BCUT2D eigenvalue weighted by Crippen LogP contribution is -2.49. The highest BCUT2D eigenvalue weighted by atomic mass is 16.6. The highest BCUT2D eigenvalue weighted by molar-refractivity contribution is 5.82. The number of nitrogens with zero attached hydrogens (tertiary/aromatic N) is 1. The maximum absolute atomic E-state index is 13.2. The number of hydrazine groups is 1. The van der Waals surface area contributed by atoms with E-state index in [1.807, 2.05) is 78.9 Å². The average Bonchev–Trinajstić information content (AvgIpc) is 3.35. The van der Waals surface area contributed by atoms with Crippen molar-refractivity contribution in [1.29, 1.82) is 0 Å². The first-order chi connectivity index (χ1) is 22.1. The molecule has 3 aromatic carbocycles. The first-order valence-corrected chi connectivity index (χ1v) is 15.4. The van der Waals surface area contributed by atoms with Crippen LogP contribution in [0.15, 0.2) is 78.9 Å². The third kappa shape index (κ3) is 9.47. The van der Waals surface area contributed by atoms with E-state index in [1.165, 1.54) is 0 Å². The van der Waals surface area contributed by atoms with Crippen LogP contribution in [0, 0.1) is 0 Å². The lowest BCUT2D eigenvalue weighted by molar-refractivity contribution is -0.147. The van der Waals surface area contributed by atoms with Gasteiger partial charge in [-0.3, -0.25) is 0 Å². The smallest absolute Gasteiger partial charge is 0.429 e. The van der Waals surface area contributed by atoms with E-state index in [0.29, 0.717) is 0 Å². The van der Waals surface area contributed by atoms with Crippen molar-refractivity contribution in [3.05, 3.63) is 95.6 Å². The van der Waals surface area contributed by atoms with Gasteiger partial charge in [0.05, 0.1) is 12.2 Å². The van der Waals surface area contributed by atoms with Crippen molar-refractivity contribution in [3.8, 4) is 11.1 Å². The number of carbonyl (C=O) groups is 4. The number of nitrogens with one attached hydrogen (secondary N) is 2. The van der Waals surface area contributed by atoms with Crippen LogP contribution in [0.25, 0.3) is 11.1 Å². The Kier molecular flexibility index (Phi) is 12.0. The summed E-state index contributed by atoms with van der Waals surface area (Å²) in [5, 5.41) is 3.62. The minimum absolute atomic E-state index is 0.0119. The van der Waals surface area contributed by atoms with Gasteiger partial charge in [0.2, 0.25) is 0 Å². The number of amides is 3. The molecule has 0 aliphatic heterocycles. The Labute approximate surface area is 269 Å². The van der Waals surface area contributed by atoms with Crippen molar-refractivity contribution >= 4 is 24.2 Å². The predicted octanol–water partition coefficient (Wildman–Crippen LogP) is 6.31. The lowest BCUT2D eigenvalue weighted by atomic mass is 9.98. The van der Waals surface area contributed by atoms with Crippen molar-refractivity contribution in [2.75, 3.05) is 13.2 Å². The third-order valence-corrected chi connectivity index (χ3v) is 7.14. The predicted molar refractivity (Wildman–Crippen MR) is 171 cm³/mol. The number of rotatable bonds is 12. The van der Waals surface area contributed by atoms with Crippen LogP contribution in [0.3, 0.4) is 0 Å². The van der Waals surface area contributed by atoms with Crippen LogP contribution in [0.4, 0.5) is 14.4 Å². The van der Waals surface area contributed by atoms with E-state index in [0.717, 1.165) is 32.8 Å². The van der Waals surface area contributed by atoms with Gasteiger partial charge >= 0.3 is 24.2 Å². The van der Waals surface area contributed by atoms with Crippen LogP contribution in [0.5, 0.6) is 0 Å². The van der Waals surface area contributed by atoms with E-state index in [4.69, 9.17) is 18.9 Å². The fraction of sp³-hybridized carbons (Fsp3) is 0.371. The van der Waals surface area contributed by atoms with Crippen LogP contribution >= 0.6 is 0 Å². The molecule has 0 spiro atoms. The van der Waals surface area contributed by atoms with Crippen LogP contribution in [-0.2, 0) is 30.3 Å². The summed E-state index contributed by atoms with van der Waals surface area (Å²) in [4.78, 5) is 51.2. The number of alkyl carbamates (subject to hydrolysis) is 1. The van der Waals surface area contributed by atoms with Crippen LogP contribution in [0.1, 0.15) is 63.1 Å². The molecular weight excluding hydrogens is 590 g/mol. The lowest BCUT2D eigenvalue weighted by Gasteiger charge is -2.25. The van der Waals surface area contributed by atoms with Gasteiger partial charge in [0.25, 0.3) is 0 Å². The normalized spacial score (nSPS) is 12.5. The molecule has 2 N–H and O–H groups in total. The largest absolute Gasteiger partial charge is 0.459 e. The van der Waals surface area contributed by atoms with Crippen LogP contribution in [0.2, 0.25) is 0 Å². The second kappa shape index (κ2) is 16.3. The van der Waals surface area contributed by atoms with Crippen molar-refractivity contribution in [2.45, 2.75) is 71.3 Å². The first-order valence-electron chi connectivity index (χ1n) is 15.4. The molecule has 3 aromatic rings. The number of hydrogen-bond donors (Lipinski definition) is 2. The molecule has 0 aromatic heterocycles. The number of carbonyl (C=O) groups excluding carboxylic acids is 4. The van der Waals surface area contributed by atoms with E-state index in [2.05, 4.69) is 10.7 Å². The van der Waals surface area contributed by atoms with Crippen LogP contribution < -0.4 is 10.7 Å². The second-order valence-corrected chi connectivity index (χ2v) is 11.4. The number of esters is 1. The monoisotopic (exact) mass is 631 g/mol. The highest BCUT2D eigenvalue weighted by Gasteiger charge is 2.30. The van der Waals surface area contributed by atoms with Gasteiger partial charge in [-0.1, -0.05) is 78.9 Å². The maximum Gasteiger partial charge on any atom is 0.429 e. The average molecular weight is 632 g/mol. The van der Waals surface area contributed by atoms with E-state index in [1.54, 1.807) is 27.7 Å². The van der Waals surface area contributed by atoms with Crippen molar-refractivity contribution in [1.82, 2.24) is 15.8 Å². The second-order valence-electron chi connectivity index (χ2n) is 11.4. The molecule has 0 unspecified atom stereocenters. The van der Waals surface area contributed by atoms with Gasteiger partial charge in [0.15, 0.2) is 0 Å². The summed E-state index contributed by atoms with van der Waals surface area (Å²) in [7, 11) is 0. The van der Waals surface area contributed by atoms with Crippen molar-refractivity contribution < 1.29 is 38.1 Å². The molecule has 0 radical (unpaired) electrons. The standard InChI is InChI=1S/C35H41N3O8/c1-23(2)45-34(41)37-38(35(42)46-24(3)4)20-12-19-31(32(39)43-21-25-13-6-5-7-14-25)36-33(40)44-22-30-28-17-10-8-15-26(28)27-16-9-11-18-29(27)30/h5-11,13-18,23-24,30-31H,12,19-22H2,1-4H3,(H,36,40)(H,37,41)/t31-/m0/s1. The molecule has 0 heterocycles. The number of ether oxygens (including phenoxy) is 4. The van der Waals surface area contributed by atoms with Crippen LogP contribution in [-0.4, -0.2) is 60.7 Å². The summed E-state index contributed by atoms with van der Waals surface area (Å²) in [6.07, 6.45) is -2.98. The summed E-state index contributed by atoms with van der Waals surface area (Å²) in [6.45, 7) is 6.76. The quantitative estimate of drug-likeness (QED) is 0.135. The van der Waals surface area contributed by atoms with Crippen molar-refractivity contribution in [2.24, 2.45) is 0 Å². The molecule has 3 amide bonds. The summed E-state index contributed by atoms with van der Waals surface area (Å²) in [5.41, 5.74) is 7.49. The van der Waals surface area contributed by atoms with Gasteiger partial charge in [0, 0.05) is 12.5 Å².